The zero-order valence-corrected chi connectivity index (χ0v) is 11.3. The number of likely N-dealkylation sites (N-methyl/N-ethyl adjacent to an activating group) is 1. The molecule has 1 aromatic carbocycles. The van der Waals surface area contributed by atoms with E-state index in [4.69, 9.17) is 10.5 Å². The van der Waals surface area contributed by atoms with Gasteiger partial charge >= 0.3 is 0 Å². The number of phenols is 1. The zero-order valence-electron chi connectivity index (χ0n) is 10.5. The van der Waals surface area contributed by atoms with Gasteiger partial charge in [0.15, 0.2) is 11.5 Å². The van der Waals surface area contributed by atoms with Crippen molar-refractivity contribution in [3.63, 3.8) is 0 Å². The van der Waals surface area contributed by atoms with E-state index in [2.05, 4.69) is 4.90 Å². The van der Waals surface area contributed by atoms with Gasteiger partial charge in [-0.2, -0.15) is 0 Å². The van der Waals surface area contributed by atoms with Crippen molar-refractivity contribution in [3.05, 3.63) is 23.8 Å². The van der Waals surface area contributed by atoms with Crippen molar-refractivity contribution in [2.75, 3.05) is 20.7 Å². The lowest BCUT2D eigenvalue weighted by Crippen LogP contribution is -2.32. The largest absolute Gasteiger partial charge is 0.504 e. The summed E-state index contributed by atoms with van der Waals surface area (Å²) in [6.07, 6.45) is 0. The van der Waals surface area contributed by atoms with Crippen LogP contribution in [0.25, 0.3) is 0 Å². The molecule has 0 aromatic heterocycles. The lowest BCUT2D eigenvalue weighted by molar-refractivity contribution is 0.308. The third kappa shape index (κ3) is 5.26. The molecule has 1 rings (SSSR count). The summed E-state index contributed by atoms with van der Waals surface area (Å²) in [4.78, 5) is 2.12. The number of hydrogen-bond donors (Lipinski definition) is 2. The van der Waals surface area contributed by atoms with Gasteiger partial charge in [0.05, 0.1) is 7.11 Å². The Balaban J connectivity index is 0.00000256. The zero-order chi connectivity index (χ0) is 12.1. The Morgan fingerprint density at radius 3 is 2.59 bits per heavy atom. The summed E-state index contributed by atoms with van der Waals surface area (Å²) in [6, 6.07) is 5.58. The maximum Gasteiger partial charge on any atom is 0.160 e. The number of halogens is 1. The molecule has 0 aliphatic carbocycles. The molecule has 0 saturated carbocycles. The molecule has 17 heavy (non-hydrogen) atoms. The molecule has 0 heterocycles. The van der Waals surface area contributed by atoms with Crippen molar-refractivity contribution in [2.24, 2.45) is 5.73 Å². The van der Waals surface area contributed by atoms with E-state index in [0.29, 0.717) is 5.75 Å². The van der Waals surface area contributed by atoms with E-state index < -0.39 is 0 Å². The Morgan fingerprint density at radius 2 is 2.12 bits per heavy atom. The van der Waals surface area contributed by atoms with Gasteiger partial charge < -0.3 is 20.5 Å². The number of hydrogen-bond acceptors (Lipinski definition) is 4. The maximum atomic E-state index is 9.62. The summed E-state index contributed by atoms with van der Waals surface area (Å²) >= 11 is 0. The highest BCUT2D eigenvalue weighted by atomic mass is 35.5. The number of rotatable bonds is 5. The Hall–Kier alpha value is -0.970. The fourth-order valence-electron chi connectivity index (χ4n) is 1.70. The Kier molecular flexibility index (Phi) is 6.95. The molecule has 1 aromatic rings. The van der Waals surface area contributed by atoms with Crippen LogP contribution in [-0.4, -0.2) is 36.8 Å². The average Bonchev–Trinajstić information content (AvgIpc) is 2.16. The molecule has 5 heteroatoms. The van der Waals surface area contributed by atoms with Crippen LogP contribution in [0, 0.1) is 0 Å². The first-order valence-corrected chi connectivity index (χ1v) is 5.33. The van der Waals surface area contributed by atoms with E-state index in [-0.39, 0.29) is 24.2 Å². The molecule has 0 aliphatic rings. The third-order valence-electron chi connectivity index (χ3n) is 2.30. The lowest BCUT2D eigenvalue weighted by atomic mass is 10.2. The van der Waals surface area contributed by atoms with Crippen LogP contribution in [0.4, 0.5) is 0 Å². The van der Waals surface area contributed by atoms with Crippen molar-refractivity contribution in [3.8, 4) is 11.5 Å². The van der Waals surface area contributed by atoms with Gasteiger partial charge in [-0.3, -0.25) is 0 Å². The molecular formula is C12H21ClN2O2. The van der Waals surface area contributed by atoms with E-state index in [1.165, 1.54) is 7.11 Å². The summed E-state index contributed by atoms with van der Waals surface area (Å²) < 4.78 is 4.99. The second kappa shape index (κ2) is 7.37. The standard InChI is InChI=1S/C12H20N2O2.ClH/c1-9(13)7-14(2)8-10-4-5-12(16-3)11(15)6-10;/h4-6,9,15H,7-8,13H2,1-3H3;1H. The predicted octanol–water partition coefficient (Wildman–Crippen LogP) is 1.60. The molecule has 0 bridgehead atoms. The van der Waals surface area contributed by atoms with Crippen LogP contribution in [0.5, 0.6) is 11.5 Å². The van der Waals surface area contributed by atoms with Gasteiger partial charge in [-0.05, 0) is 31.7 Å². The number of aromatic hydroxyl groups is 1. The maximum absolute atomic E-state index is 9.62. The van der Waals surface area contributed by atoms with E-state index in [9.17, 15) is 5.11 Å². The van der Waals surface area contributed by atoms with Gasteiger partial charge in [0.25, 0.3) is 0 Å². The van der Waals surface area contributed by atoms with Crippen molar-refractivity contribution in [2.45, 2.75) is 19.5 Å². The molecule has 0 aliphatic heterocycles. The summed E-state index contributed by atoms with van der Waals surface area (Å²) in [5.74, 6) is 0.674. The molecule has 4 nitrogen and oxygen atoms in total. The van der Waals surface area contributed by atoms with Crippen LogP contribution in [-0.2, 0) is 6.54 Å². The predicted molar refractivity (Wildman–Crippen MR) is 71.9 cm³/mol. The molecule has 1 atom stereocenters. The Bertz CT molecular complexity index is 345. The van der Waals surface area contributed by atoms with Crippen LogP contribution < -0.4 is 10.5 Å². The van der Waals surface area contributed by atoms with E-state index in [1.54, 1.807) is 12.1 Å². The molecule has 0 amide bonds. The first-order chi connectivity index (χ1) is 7.52. The van der Waals surface area contributed by atoms with Gasteiger partial charge in [0.2, 0.25) is 0 Å². The number of benzene rings is 1. The van der Waals surface area contributed by atoms with Crippen molar-refractivity contribution in [1.82, 2.24) is 4.90 Å². The highest BCUT2D eigenvalue weighted by molar-refractivity contribution is 5.85. The van der Waals surface area contributed by atoms with Gasteiger partial charge in [0.1, 0.15) is 0 Å². The fourth-order valence-corrected chi connectivity index (χ4v) is 1.70. The van der Waals surface area contributed by atoms with Crippen LogP contribution in [0.2, 0.25) is 0 Å². The monoisotopic (exact) mass is 260 g/mol. The summed E-state index contributed by atoms with van der Waals surface area (Å²) in [7, 11) is 3.54. The topological polar surface area (TPSA) is 58.7 Å². The molecule has 0 fully saturated rings. The quantitative estimate of drug-likeness (QED) is 0.844. The third-order valence-corrected chi connectivity index (χ3v) is 2.30. The van der Waals surface area contributed by atoms with Crippen molar-refractivity contribution < 1.29 is 9.84 Å². The van der Waals surface area contributed by atoms with Crippen LogP contribution in [0.15, 0.2) is 18.2 Å². The first-order valence-electron chi connectivity index (χ1n) is 5.33. The summed E-state index contributed by atoms with van der Waals surface area (Å²) in [5.41, 5.74) is 6.75. The minimum atomic E-state index is 0. The number of nitrogens with zero attached hydrogens (tertiary/aromatic N) is 1. The van der Waals surface area contributed by atoms with Crippen molar-refractivity contribution in [1.29, 1.82) is 0 Å². The molecule has 0 radical (unpaired) electrons. The smallest absolute Gasteiger partial charge is 0.160 e. The number of methoxy groups -OCH3 is 1. The highest BCUT2D eigenvalue weighted by Gasteiger charge is 2.06. The first kappa shape index (κ1) is 16.0. The van der Waals surface area contributed by atoms with Crippen LogP contribution >= 0.6 is 12.4 Å². The minimum absolute atomic E-state index is 0. The highest BCUT2D eigenvalue weighted by Crippen LogP contribution is 2.26. The number of nitrogens with two attached hydrogens (primary N) is 1. The number of ether oxygens (including phenoxy) is 1. The Labute approximate surface area is 109 Å². The van der Waals surface area contributed by atoms with Crippen LogP contribution in [0.1, 0.15) is 12.5 Å². The lowest BCUT2D eigenvalue weighted by Gasteiger charge is -2.19. The van der Waals surface area contributed by atoms with Gasteiger partial charge in [-0.1, -0.05) is 6.07 Å². The fraction of sp³-hybridized carbons (Fsp3) is 0.500. The molecular weight excluding hydrogens is 240 g/mol. The minimum Gasteiger partial charge on any atom is -0.504 e. The summed E-state index contributed by atoms with van der Waals surface area (Å²) in [5, 5.41) is 9.62. The van der Waals surface area contributed by atoms with Gasteiger partial charge in [-0.25, -0.2) is 0 Å². The molecule has 0 spiro atoms. The van der Waals surface area contributed by atoms with Crippen LogP contribution in [0.3, 0.4) is 0 Å². The van der Waals surface area contributed by atoms with E-state index in [1.807, 2.05) is 20.0 Å². The van der Waals surface area contributed by atoms with E-state index in [0.717, 1.165) is 18.7 Å². The average molecular weight is 261 g/mol. The van der Waals surface area contributed by atoms with Gasteiger partial charge in [-0.15, -0.1) is 12.4 Å². The molecule has 3 N–H and O–H groups in total. The normalized spacial score (nSPS) is 12.1. The number of phenolic OH excluding ortho intramolecular Hbond substituents is 1. The summed E-state index contributed by atoms with van der Waals surface area (Å²) in [6.45, 7) is 3.56. The second-order valence-corrected chi connectivity index (χ2v) is 4.18. The van der Waals surface area contributed by atoms with Crippen molar-refractivity contribution >= 4 is 12.4 Å². The Morgan fingerprint density at radius 1 is 1.47 bits per heavy atom. The second-order valence-electron chi connectivity index (χ2n) is 4.18. The molecule has 1 unspecified atom stereocenters. The SMILES string of the molecule is COc1ccc(CN(C)CC(C)N)cc1O.Cl. The van der Waals surface area contributed by atoms with Gasteiger partial charge in [0, 0.05) is 19.1 Å². The molecule has 98 valence electrons. The van der Waals surface area contributed by atoms with E-state index >= 15 is 0 Å². The molecule has 0 saturated heterocycles.